The van der Waals surface area contributed by atoms with Crippen molar-refractivity contribution in [2.75, 3.05) is 19.8 Å². The van der Waals surface area contributed by atoms with Gasteiger partial charge in [-0.05, 0) is 43.4 Å². The van der Waals surface area contributed by atoms with Gasteiger partial charge in [0.1, 0.15) is 13.2 Å². The second kappa shape index (κ2) is 7.40. The maximum atomic E-state index is 13.3. The van der Waals surface area contributed by atoms with Crippen LogP contribution in [0.4, 0.5) is 0 Å². The number of likely N-dealkylation sites (N-methyl/N-ethyl adjacent to an activating group) is 1. The number of fused-ring (bicyclic) bond motifs is 2. The van der Waals surface area contributed by atoms with E-state index in [2.05, 4.69) is 18.2 Å². The fourth-order valence-electron chi connectivity index (χ4n) is 4.04. The molecule has 0 spiro atoms. The van der Waals surface area contributed by atoms with E-state index in [9.17, 15) is 4.79 Å². The van der Waals surface area contributed by atoms with Gasteiger partial charge in [0.05, 0.1) is 5.92 Å². The fraction of sp³-hybridized carbons (Fsp3) is 0.409. The maximum Gasteiger partial charge on any atom is 0.230 e. The summed E-state index contributed by atoms with van der Waals surface area (Å²) >= 11 is 0. The van der Waals surface area contributed by atoms with Gasteiger partial charge in [0, 0.05) is 18.7 Å². The standard InChI is InChI=1S/C22H25NO3/c1-2-23(15-17-9-6-12-20-21(17)26-14-13-25-20)22(24)19-11-5-8-16-7-3-4-10-18(16)19/h3-4,6-7,9-10,12,19H,2,5,8,11,13-15H2,1H3. The van der Waals surface area contributed by atoms with Crippen molar-refractivity contribution in [1.82, 2.24) is 4.90 Å². The van der Waals surface area contributed by atoms with Gasteiger partial charge in [-0.1, -0.05) is 36.4 Å². The maximum absolute atomic E-state index is 13.3. The molecule has 2 aromatic rings. The first-order valence-electron chi connectivity index (χ1n) is 9.52. The van der Waals surface area contributed by atoms with Crippen LogP contribution in [0.3, 0.4) is 0 Å². The summed E-state index contributed by atoms with van der Waals surface area (Å²) in [5.74, 6) is 1.75. The van der Waals surface area contributed by atoms with Crippen LogP contribution in [0.5, 0.6) is 11.5 Å². The predicted octanol–water partition coefficient (Wildman–Crippen LogP) is 3.93. The Labute approximate surface area is 154 Å². The number of para-hydroxylation sites is 1. The quantitative estimate of drug-likeness (QED) is 0.838. The third kappa shape index (κ3) is 3.16. The van der Waals surface area contributed by atoms with E-state index in [0.29, 0.717) is 26.3 Å². The van der Waals surface area contributed by atoms with Crippen molar-refractivity contribution < 1.29 is 14.3 Å². The Bertz CT molecular complexity index is 802. The summed E-state index contributed by atoms with van der Waals surface area (Å²) in [6.07, 6.45) is 3.07. The number of ether oxygens (including phenoxy) is 2. The van der Waals surface area contributed by atoms with E-state index in [1.165, 1.54) is 11.1 Å². The summed E-state index contributed by atoms with van der Waals surface area (Å²) in [5, 5.41) is 0. The summed E-state index contributed by atoms with van der Waals surface area (Å²) in [7, 11) is 0. The van der Waals surface area contributed by atoms with E-state index >= 15 is 0 Å². The molecule has 2 aromatic carbocycles. The van der Waals surface area contributed by atoms with Crippen LogP contribution in [0.1, 0.15) is 42.4 Å². The Hall–Kier alpha value is -2.49. The van der Waals surface area contributed by atoms with Gasteiger partial charge in [-0.15, -0.1) is 0 Å². The first-order valence-corrected chi connectivity index (χ1v) is 9.52. The summed E-state index contributed by atoms with van der Waals surface area (Å²) in [6.45, 7) is 4.41. The third-order valence-electron chi connectivity index (χ3n) is 5.37. The van der Waals surface area contributed by atoms with Crippen LogP contribution in [-0.4, -0.2) is 30.6 Å². The first-order chi connectivity index (χ1) is 12.8. The minimum absolute atomic E-state index is 0.0309. The van der Waals surface area contributed by atoms with Crippen LogP contribution in [-0.2, 0) is 17.8 Å². The highest BCUT2D eigenvalue weighted by molar-refractivity contribution is 5.84. The van der Waals surface area contributed by atoms with Crippen molar-refractivity contribution in [3.05, 3.63) is 59.2 Å². The average Bonchev–Trinajstić information content (AvgIpc) is 2.71. The molecule has 26 heavy (non-hydrogen) atoms. The molecule has 0 saturated heterocycles. The van der Waals surface area contributed by atoms with Gasteiger partial charge < -0.3 is 14.4 Å². The smallest absolute Gasteiger partial charge is 0.230 e. The van der Waals surface area contributed by atoms with E-state index in [4.69, 9.17) is 9.47 Å². The molecule has 0 bridgehead atoms. The third-order valence-corrected chi connectivity index (χ3v) is 5.37. The Balaban J connectivity index is 1.58. The molecule has 4 heteroatoms. The lowest BCUT2D eigenvalue weighted by Crippen LogP contribution is -2.36. The molecular weight excluding hydrogens is 326 g/mol. The molecule has 0 radical (unpaired) electrons. The number of nitrogens with zero attached hydrogens (tertiary/aromatic N) is 1. The lowest BCUT2D eigenvalue weighted by molar-refractivity contribution is -0.133. The Morgan fingerprint density at radius 3 is 2.85 bits per heavy atom. The van der Waals surface area contributed by atoms with Crippen molar-refractivity contribution in [1.29, 1.82) is 0 Å². The average molecular weight is 351 g/mol. The van der Waals surface area contributed by atoms with E-state index in [1.54, 1.807) is 0 Å². The molecule has 0 N–H and O–H groups in total. The van der Waals surface area contributed by atoms with E-state index in [1.807, 2.05) is 36.1 Å². The van der Waals surface area contributed by atoms with Crippen LogP contribution in [0.2, 0.25) is 0 Å². The number of aryl methyl sites for hydroxylation is 1. The van der Waals surface area contributed by atoms with Crippen molar-refractivity contribution in [2.24, 2.45) is 0 Å². The molecule has 136 valence electrons. The van der Waals surface area contributed by atoms with Crippen molar-refractivity contribution in [2.45, 2.75) is 38.6 Å². The highest BCUT2D eigenvalue weighted by Gasteiger charge is 2.30. The van der Waals surface area contributed by atoms with Crippen LogP contribution in [0.15, 0.2) is 42.5 Å². The van der Waals surface area contributed by atoms with E-state index in [-0.39, 0.29) is 11.8 Å². The molecule has 2 aliphatic rings. The number of carbonyl (C=O) groups excluding carboxylic acids is 1. The largest absolute Gasteiger partial charge is 0.486 e. The Morgan fingerprint density at radius 1 is 1.12 bits per heavy atom. The zero-order valence-electron chi connectivity index (χ0n) is 15.2. The van der Waals surface area contributed by atoms with E-state index < -0.39 is 0 Å². The molecule has 1 aliphatic heterocycles. The van der Waals surface area contributed by atoms with Crippen molar-refractivity contribution in [3.8, 4) is 11.5 Å². The van der Waals surface area contributed by atoms with Crippen molar-refractivity contribution >= 4 is 5.91 Å². The fourth-order valence-corrected chi connectivity index (χ4v) is 4.04. The highest BCUT2D eigenvalue weighted by Crippen LogP contribution is 2.36. The zero-order valence-corrected chi connectivity index (χ0v) is 15.2. The van der Waals surface area contributed by atoms with Gasteiger partial charge in [0.25, 0.3) is 0 Å². The first kappa shape index (κ1) is 17.0. The molecule has 1 aliphatic carbocycles. The summed E-state index contributed by atoms with van der Waals surface area (Å²) in [4.78, 5) is 15.3. The second-order valence-corrected chi connectivity index (χ2v) is 6.94. The van der Waals surface area contributed by atoms with Crippen molar-refractivity contribution in [3.63, 3.8) is 0 Å². The molecule has 1 heterocycles. The molecule has 1 amide bonds. The van der Waals surface area contributed by atoms with Gasteiger partial charge in [-0.3, -0.25) is 4.79 Å². The van der Waals surface area contributed by atoms with Gasteiger partial charge in [0.15, 0.2) is 11.5 Å². The molecular formula is C22H25NO3. The molecule has 0 fully saturated rings. The molecule has 4 nitrogen and oxygen atoms in total. The molecule has 0 saturated carbocycles. The summed E-state index contributed by atoms with van der Waals surface area (Å²) < 4.78 is 11.5. The highest BCUT2D eigenvalue weighted by atomic mass is 16.6. The molecule has 4 rings (SSSR count). The number of benzene rings is 2. The lowest BCUT2D eigenvalue weighted by atomic mass is 9.82. The summed E-state index contributed by atoms with van der Waals surface area (Å²) in [6, 6.07) is 14.3. The van der Waals surface area contributed by atoms with Crippen LogP contribution < -0.4 is 9.47 Å². The van der Waals surface area contributed by atoms with Gasteiger partial charge in [-0.2, -0.15) is 0 Å². The molecule has 1 unspecified atom stereocenters. The minimum Gasteiger partial charge on any atom is -0.486 e. The number of hydrogen-bond donors (Lipinski definition) is 0. The van der Waals surface area contributed by atoms with E-state index in [0.717, 1.165) is 36.3 Å². The minimum atomic E-state index is -0.0309. The monoisotopic (exact) mass is 351 g/mol. The van der Waals surface area contributed by atoms with Crippen LogP contribution in [0, 0.1) is 0 Å². The summed E-state index contributed by atoms with van der Waals surface area (Å²) in [5.41, 5.74) is 3.54. The number of hydrogen-bond acceptors (Lipinski definition) is 3. The second-order valence-electron chi connectivity index (χ2n) is 6.94. The Kier molecular flexibility index (Phi) is 4.83. The van der Waals surface area contributed by atoms with Gasteiger partial charge in [0.2, 0.25) is 5.91 Å². The van der Waals surface area contributed by atoms with Crippen LogP contribution >= 0.6 is 0 Å². The normalized spacial score (nSPS) is 18.1. The number of amides is 1. The number of rotatable bonds is 4. The Morgan fingerprint density at radius 2 is 1.96 bits per heavy atom. The topological polar surface area (TPSA) is 38.8 Å². The predicted molar refractivity (Wildman–Crippen MR) is 101 cm³/mol. The van der Waals surface area contributed by atoms with Gasteiger partial charge in [-0.25, -0.2) is 0 Å². The number of carbonyl (C=O) groups is 1. The SMILES string of the molecule is CCN(Cc1cccc2c1OCCO2)C(=O)C1CCCc2ccccc21. The molecule has 1 atom stereocenters. The zero-order chi connectivity index (χ0) is 17.9. The van der Waals surface area contributed by atoms with Gasteiger partial charge >= 0.3 is 0 Å². The van der Waals surface area contributed by atoms with Crippen LogP contribution in [0.25, 0.3) is 0 Å². The molecule has 0 aromatic heterocycles. The lowest BCUT2D eigenvalue weighted by Gasteiger charge is -2.31.